The predicted molar refractivity (Wildman–Crippen MR) is 96.4 cm³/mol. The predicted octanol–water partition coefficient (Wildman–Crippen LogP) is 0.884. The molecular formula is C18H15N3O5S. The maximum absolute atomic E-state index is 12.4. The standard InChI is InChI=1S/C18H15N3O5S/c19-8-4-5-11-10-27-17-14(16(23)21(17)15(11)18(24)25)20-13(22)9-26-12-6-2-1-3-7-12/h1-7,14,17H,9-10H2,(H,20,22)(H,24,25)/b5-4+. The number of hydrogen-bond acceptors (Lipinski definition) is 6. The molecule has 1 saturated heterocycles. The van der Waals surface area contributed by atoms with E-state index in [1.54, 1.807) is 30.3 Å². The molecule has 9 heteroatoms. The van der Waals surface area contributed by atoms with Gasteiger partial charge in [-0.15, -0.1) is 11.8 Å². The highest BCUT2D eigenvalue weighted by molar-refractivity contribution is 8.00. The van der Waals surface area contributed by atoms with Gasteiger partial charge in [-0.25, -0.2) is 4.79 Å². The number of carboxylic acids is 1. The number of nitriles is 1. The Morgan fingerprint density at radius 3 is 2.81 bits per heavy atom. The van der Waals surface area contributed by atoms with Crippen LogP contribution in [-0.4, -0.2) is 51.6 Å². The van der Waals surface area contributed by atoms with E-state index in [-0.39, 0.29) is 12.3 Å². The summed E-state index contributed by atoms with van der Waals surface area (Å²) in [5, 5.41) is 20.2. The average Bonchev–Trinajstić information content (AvgIpc) is 2.68. The largest absolute Gasteiger partial charge is 0.484 e. The Labute approximate surface area is 159 Å². The fraction of sp³-hybridized carbons (Fsp3) is 0.222. The molecule has 1 fully saturated rings. The van der Waals surface area contributed by atoms with E-state index in [9.17, 15) is 19.5 Å². The van der Waals surface area contributed by atoms with Crippen molar-refractivity contribution < 1.29 is 24.2 Å². The van der Waals surface area contributed by atoms with E-state index >= 15 is 0 Å². The van der Waals surface area contributed by atoms with Crippen LogP contribution in [-0.2, 0) is 14.4 Å². The van der Waals surface area contributed by atoms with Crippen LogP contribution < -0.4 is 10.1 Å². The van der Waals surface area contributed by atoms with Gasteiger partial charge < -0.3 is 15.2 Å². The van der Waals surface area contributed by atoms with Crippen LogP contribution in [0.15, 0.2) is 53.8 Å². The minimum Gasteiger partial charge on any atom is -0.484 e. The van der Waals surface area contributed by atoms with Gasteiger partial charge in [0.25, 0.3) is 11.8 Å². The molecule has 2 aliphatic rings. The van der Waals surface area contributed by atoms with Crippen molar-refractivity contribution in [3.63, 3.8) is 0 Å². The van der Waals surface area contributed by atoms with Gasteiger partial charge in [-0.05, 0) is 23.8 Å². The Kier molecular flexibility index (Phi) is 5.47. The number of benzene rings is 1. The van der Waals surface area contributed by atoms with Crippen molar-refractivity contribution in [3.8, 4) is 11.8 Å². The third kappa shape index (κ3) is 3.80. The van der Waals surface area contributed by atoms with Crippen LogP contribution in [0.3, 0.4) is 0 Å². The maximum Gasteiger partial charge on any atom is 0.352 e. The van der Waals surface area contributed by atoms with Crippen LogP contribution in [0, 0.1) is 11.3 Å². The number of ether oxygens (including phenoxy) is 1. The Hall–Kier alpha value is -3.25. The van der Waals surface area contributed by atoms with E-state index in [1.807, 2.05) is 6.07 Å². The first-order valence-electron chi connectivity index (χ1n) is 7.97. The van der Waals surface area contributed by atoms with Crippen LogP contribution in [0.1, 0.15) is 0 Å². The van der Waals surface area contributed by atoms with Crippen molar-refractivity contribution in [2.45, 2.75) is 11.4 Å². The molecule has 0 aromatic heterocycles. The second-order valence-corrected chi connectivity index (χ2v) is 6.80. The highest BCUT2D eigenvalue weighted by atomic mass is 32.2. The maximum atomic E-state index is 12.4. The lowest BCUT2D eigenvalue weighted by Crippen LogP contribution is -2.70. The molecular weight excluding hydrogens is 370 g/mol. The number of carbonyl (C=O) groups is 3. The summed E-state index contributed by atoms with van der Waals surface area (Å²) in [6.07, 6.45) is 2.56. The zero-order chi connectivity index (χ0) is 19.4. The van der Waals surface area contributed by atoms with Crippen LogP contribution >= 0.6 is 11.8 Å². The highest BCUT2D eigenvalue weighted by Gasteiger charge is 2.53. The lowest BCUT2D eigenvalue weighted by molar-refractivity contribution is -0.150. The summed E-state index contributed by atoms with van der Waals surface area (Å²) in [6, 6.07) is 9.78. The Bertz CT molecular complexity index is 875. The lowest BCUT2D eigenvalue weighted by atomic mass is 10.0. The van der Waals surface area contributed by atoms with Crippen molar-refractivity contribution in [2.75, 3.05) is 12.4 Å². The molecule has 2 heterocycles. The number of para-hydroxylation sites is 1. The van der Waals surface area contributed by atoms with E-state index in [1.165, 1.54) is 23.9 Å². The SMILES string of the molecule is N#C/C=C/C1=C(C(=O)O)N2C(=O)C(NC(=O)COc3ccccc3)C2SC1. The van der Waals surface area contributed by atoms with Crippen LogP contribution in [0.4, 0.5) is 0 Å². The van der Waals surface area contributed by atoms with Crippen LogP contribution in [0.5, 0.6) is 5.75 Å². The summed E-state index contributed by atoms with van der Waals surface area (Å²) in [5.41, 5.74) is 0.233. The van der Waals surface area contributed by atoms with Crippen molar-refractivity contribution >= 4 is 29.5 Å². The molecule has 3 rings (SSSR count). The number of nitrogens with zero attached hydrogens (tertiary/aromatic N) is 2. The number of hydrogen-bond donors (Lipinski definition) is 2. The van der Waals surface area contributed by atoms with E-state index in [2.05, 4.69) is 5.32 Å². The van der Waals surface area contributed by atoms with Crippen molar-refractivity contribution in [1.29, 1.82) is 5.26 Å². The molecule has 1 aromatic carbocycles. The second-order valence-electron chi connectivity index (χ2n) is 5.70. The highest BCUT2D eigenvalue weighted by Crippen LogP contribution is 2.40. The van der Waals surface area contributed by atoms with Gasteiger partial charge in [0.05, 0.1) is 6.07 Å². The van der Waals surface area contributed by atoms with Gasteiger partial charge in [-0.1, -0.05) is 18.2 Å². The zero-order valence-corrected chi connectivity index (χ0v) is 14.8. The number of amides is 2. The van der Waals surface area contributed by atoms with Crippen molar-refractivity contribution in [2.24, 2.45) is 0 Å². The number of allylic oxidation sites excluding steroid dienone is 2. The molecule has 2 amide bonds. The van der Waals surface area contributed by atoms with Crippen LogP contribution in [0.25, 0.3) is 0 Å². The number of carboxylic acid groups (broad SMARTS) is 1. The summed E-state index contributed by atoms with van der Waals surface area (Å²) in [4.78, 5) is 37.2. The number of nitrogens with one attached hydrogen (secondary N) is 1. The zero-order valence-electron chi connectivity index (χ0n) is 14.0. The number of β-lactam (4-membered cyclic amide) rings is 1. The number of rotatable bonds is 6. The quantitative estimate of drug-likeness (QED) is 0.551. The molecule has 0 aliphatic carbocycles. The lowest BCUT2D eigenvalue weighted by Gasteiger charge is -2.49. The smallest absolute Gasteiger partial charge is 0.352 e. The third-order valence-electron chi connectivity index (χ3n) is 3.99. The molecule has 8 nitrogen and oxygen atoms in total. The Balaban J connectivity index is 1.65. The van der Waals surface area contributed by atoms with E-state index in [4.69, 9.17) is 10.00 Å². The van der Waals surface area contributed by atoms with Gasteiger partial charge in [-0.2, -0.15) is 5.26 Å². The first-order chi connectivity index (χ1) is 13.0. The topological polar surface area (TPSA) is 120 Å². The van der Waals surface area contributed by atoms with Crippen molar-refractivity contribution in [1.82, 2.24) is 10.2 Å². The number of carbonyl (C=O) groups excluding carboxylic acids is 2. The molecule has 0 bridgehead atoms. The fourth-order valence-corrected chi connectivity index (χ4v) is 4.11. The molecule has 2 unspecified atom stereocenters. The summed E-state index contributed by atoms with van der Waals surface area (Å²) in [6.45, 7) is -0.247. The molecule has 2 atom stereocenters. The normalized spacial score (nSPS) is 21.3. The monoisotopic (exact) mass is 385 g/mol. The third-order valence-corrected chi connectivity index (χ3v) is 5.29. The van der Waals surface area contributed by atoms with Crippen LogP contribution in [0.2, 0.25) is 0 Å². The minimum absolute atomic E-state index is 0.152. The summed E-state index contributed by atoms with van der Waals surface area (Å²) in [7, 11) is 0. The molecule has 0 saturated carbocycles. The average molecular weight is 385 g/mol. The van der Waals surface area contributed by atoms with Gasteiger partial charge in [0.1, 0.15) is 22.9 Å². The first-order valence-corrected chi connectivity index (χ1v) is 9.02. The van der Waals surface area contributed by atoms with Gasteiger partial charge in [0.15, 0.2) is 6.61 Å². The van der Waals surface area contributed by atoms with E-state index < -0.39 is 29.2 Å². The summed E-state index contributed by atoms with van der Waals surface area (Å²) >= 11 is 1.33. The first kappa shape index (κ1) is 18.5. The second kappa shape index (κ2) is 7.97. The minimum atomic E-state index is -1.25. The molecule has 0 radical (unpaired) electrons. The summed E-state index contributed by atoms with van der Waals surface area (Å²) in [5.74, 6) is -1.36. The molecule has 1 aromatic rings. The Morgan fingerprint density at radius 2 is 2.15 bits per heavy atom. The fourth-order valence-electron chi connectivity index (χ4n) is 2.79. The summed E-state index contributed by atoms with van der Waals surface area (Å²) < 4.78 is 5.34. The van der Waals surface area contributed by atoms with E-state index in [0.29, 0.717) is 17.1 Å². The molecule has 0 spiro atoms. The number of aliphatic carboxylic acids is 1. The number of fused-ring (bicyclic) bond motifs is 1. The molecule has 2 N–H and O–H groups in total. The van der Waals surface area contributed by atoms with Crippen molar-refractivity contribution in [3.05, 3.63) is 53.8 Å². The van der Waals surface area contributed by atoms with E-state index in [0.717, 1.165) is 4.90 Å². The molecule has 138 valence electrons. The molecule has 27 heavy (non-hydrogen) atoms. The van der Waals surface area contributed by atoms with Gasteiger partial charge >= 0.3 is 5.97 Å². The number of thioether (sulfide) groups is 1. The van der Waals surface area contributed by atoms with Gasteiger partial charge in [0, 0.05) is 11.8 Å². The van der Waals surface area contributed by atoms with Gasteiger partial charge in [0.2, 0.25) is 0 Å². The Morgan fingerprint density at radius 1 is 1.41 bits per heavy atom. The molecule has 2 aliphatic heterocycles. The van der Waals surface area contributed by atoms with Gasteiger partial charge in [-0.3, -0.25) is 14.5 Å².